The highest BCUT2D eigenvalue weighted by atomic mass is 16.1. The molecule has 0 saturated heterocycles. The third kappa shape index (κ3) is 1.50. The Morgan fingerprint density at radius 1 is 0.500 bits per heavy atom. The Balaban J connectivity index is 2.24. The molecule has 2 radical (unpaired) electrons. The lowest BCUT2D eigenvalue weighted by molar-refractivity contribution is 0.563. The van der Waals surface area contributed by atoms with Crippen molar-refractivity contribution in [3.05, 3.63) is 71.8 Å². The van der Waals surface area contributed by atoms with Crippen LogP contribution in [0.25, 0.3) is 43.1 Å². The average Bonchev–Trinajstić information content (AvgIpc) is 2.65. The molecular weight excluding hydrogens is 296 g/mol. The zero-order chi connectivity index (χ0) is 16.3. The summed E-state index contributed by atoms with van der Waals surface area (Å²) in [5, 5.41) is 8.30. The minimum atomic E-state index is 0.403. The molecule has 0 aliphatic rings. The molecule has 0 aromatic heterocycles. The highest BCUT2D eigenvalue weighted by molar-refractivity contribution is 6.35. The van der Waals surface area contributed by atoms with E-state index in [0.29, 0.717) is 16.5 Å². The van der Waals surface area contributed by atoms with Crippen LogP contribution in [0.15, 0.2) is 60.7 Å². The van der Waals surface area contributed by atoms with Gasteiger partial charge in [0.2, 0.25) is 12.6 Å². The molecule has 0 bridgehead atoms. The van der Waals surface area contributed by atoms with Gasteiger partial charge in [0, 0.05) is 16.5 Å². The van der Waals surface area contributed by atoms with E-state index in [1.54, 1.807) is 12.1 Å². The number of rotatable bonds is 2. The summed E-state index contributed by atoms with van der Waals surface area (Å²) >= 11 is 0. The second-order valence-corrected chi connectivity index (χ2v) is 5.98. The van der Waals surface area contributed by atoms with Crippen molar-refractivity contribution >= 4 is 55.7 Å². The molecule has 0 unspecified atom stereocenters. The molecule has 5 rings (SSSR count). The van der Waals surface area contributed by atoms with E-state index >= 15 is 0 Å². The van der Waals surface area contributed by atoms with Crippen molar-refractivity contribution < 1.29 is 9.59 Å². The highest BCUT2D eigenvalue weighted by Crippen LogP contribution is 2.41. The molecule has 2 heteroatoms. The van der Waals surface area contributed by atoms with Crippen LogP contribution in [-0.4, -0.2) is 12.6 Å². The van der Waals surface area contributed by atoms with Crippen molar-refractivity contribution in [1.82, 2.24) is 0 Å². The second-order valence-electron chi connectivity index (χ2n) is 5.98. The van der Waals surface area contributed by atoms with Gasteiger partial charge in [-0.3, -0.25) is 9.59 Å². The summed E-state index contributed by atoms with van der Waals surface area (Å²) in [5.41, 5.74) is 0.806. The van der Waals surface area contributed by atoms with Gasteiger partial charge in [-0.1, -0.05) is 48.5 Å². The zero-order valence-electron chi connectivity index (χ0n) is 12.6. The third-order valence-electron chi connectivity index (χ3n) is 4.87. The van der Waals surface area contributed by atoms with Crippen LogP contribution in [0.5, 0.6) is 0 Å². The summed E-state index contributed by atoms with van der Waals surface area (Å²) in [4.78, 5) is 22.8. The van der Waals surface area contributed by atoms with Crippen LogP contribution in [0.1, 0.15) is 11.1 Å². The first kappa shape index (κ1) is 13.2. The minimum Gasteiger partial charge on any atom is -0.285 e. The van der Waals surface area contributed by atoms with Gasteiger partial charge < -0.3 is 0 Å². The lowest BCUT2D eigenvalue weighted by Crippen LogP contribution is -1.94. The summed E-state index contributed by atoms with van der Waals surface area (Å²) < 4.78 is 0. The Morgan fingerprint density at radius 2 is 1.00 bits per heavy atom. The van der Waals surface area contributed by atoms with E-state index in [4.69, 9.17) is 0 Å². The molecule has 0 heterocycles. The number of hydrogen-bond donors (Lipinski definition) is 0. The number of fused-ring (bicyclic) bond motifs is 2. The third-order valence-corrected chi connectivity index (χ3v) is 4.87. The lowest BCUT2D eigenvalue weighted by atomic mass is 9.87. The van der Waals surface area contributed by atoms with Crippen molar-refractivity contribution in [2.24, 2.45) is 0 Å². The highest BCUT2D eigenvalue weighted by Gasteiger charge is 2.16. The normalized spacial score (nSPS) is 11.7. The van der Waals surface area contributed by atoms with Crippen molar-refractivity contribution in [1.29, 1.82) is 0 Å². The van der Waals surface area contributed by atoms with Crippen molar-refractivity contribution in [2.45, 2.75) is 0 Å². The van der Waals surface area contributed by atoms with Crippen LogP contribution >= 0.6 is 0 Å². The van der Waals surface area contributed by atoms with Crippen LogP contribution in [0.4, 0.5) is 0 Å². The molecule has 5 aromatic rings. The van der Waals surface area contributed by atoms with E-state index in [1.807, 2.05) is 36.8 Å². The van der Waals surface area contributed by atoms with Gasteiger partial charge in [-0.15, -0.1) is 0 Å². The monoisotopic (exact) mass is 306 g/mol. The number of carbonyl (C=O) groups excluding carboxylic acids is 2. The fourth-order valence-electron chi connectivity index (χ4n) is 3.90. The number of benzene rings is 5. The van der Waals surface area contributed by atoms with Gasteiger partial charge in [-0.05, 0) is 49.8 Å². The fourth-order valence-corrected chi connectivity index (χ4v) is 3.90. The molecule has 0 atom stereocenters. The van der Waals surface area contributed by atoms with Crippen molar-refractivity contribution in [3.63, 3.8) is 0 Å². The first-order valence-corrected chi connectivity index (χ1v) is 7.72. The topological polar surface area (TPSA) is 34.1 Å². The van der Waals surface area contributed by atoms with Crippen LogP contribution in [0.3, 0.4) is 0 Å². The van der Waals surface area contributed by atoms with Crippen LogP contribution in [0.2, 0.25) is 0 Å². The van der Waals surface area contributed by atoms with Gasteiger partial charge >= 0.3 is 0 Å². The van der Waals surface area contributed by atoms with Gasteiger partial charge in [0.1, 0.15) is 0 Å². The maximum Gasteiger partial charge on any atom is 0.234 e. The smallest absolute Gasteiger partial charge is 0.234 e. The molecule has 0 spiro atoms. The van der Waals surface area contributed by atoms with E-state index in [0.717, 1.165) is 26.9 Å². The summed E-state index contributed by atoms with van der Waals surface area (Å²) in [7, 11) is 0. The molecule has 0 saturated carbocycles. The largest absolute Gasteiger partial charge is 0.285 e. The van der Waals surface area contributed by atoms with Crippen LogP contribution < -0.4 is 0 Å². The Morgan fingerprint density at radius 3 is 1.50 bits per heavy atom. The molecular formula is C22H10O2. The summed E-state index contributed by atoms with van der Waals surface area (Å²) in [6.45, 7) is 0. The maximum absolute atomic E-state index is 11.4. The van der Waals surface area contributed by atoms with E-state index in [1.165, 1.54) is 10.8 Å². The van der Waals surface area contributed by atoms with E-state index in [2.05, 4.69) is 24.3 Å². The molecule has 110 valence electrons. The predicted molar refractivity (Wildman–Crippen MR) is 97.2 cm³/mol. The molecule has 2 nitrogen and oxygen atoms in total. The first-order valence-electron chi connectivity index (χ1n) is 7.72. The second kappa shape index (κ2) is 4.62. The SMILES string of the molecule is O=[C]c1ccc2c3cccc4cccc(c5ccc([C]=O)c1c25)c43. The van der Waals surface area contributed by atoms with Gasteiger partial charge in [0.05, 0.1) is 0 Å². The molecule has 0 amide bonds. The zero-order valence-corrected chi connectivity index (χ0v) is 12.6. The molecule has 0 fully saturated rings. The van der Waals surface area contributed by atoms with Gasteiger partial charge in [-0.2, -0.15) is 0 Å². The molecule has 0 aliphatic carbocycles. The van der Waals surface area contributed by atoms with E-state index < -0.39 is 0 Å². The summed E-state index contributed by atoms with van der Waals surface area (Å²) in [6.07, 6.45) is 3.93. The Kier molecular flexibility index (Phi) is 2.54. The van der Waals surface area contributed by atoms with Crippen molar-refractivity contribution in [2.75, 3.05) is 0 Å². The average molecular weight is 306 g/mol. The quantitative estimate of drug-likeness (QED) is 0.351. The molecule has 0 N–H and O–H groups in total. The summed E-state index contributed by atoms with van der Waals surface area (Å²) in [5.74, 6) is 0. The molecule has 5 aromatic carbocycles. The van der Waals surface area contributed by atoms with Gasteiger partial charge in [0.15, 0.2) is 0 Å². The Bertz CT molecular complexity index is 1190. The fraction of sp³-hybridized carbons (Fsp3) is 0. The first-order chi connectivity index (χ1) is 11.8. The minimum absolute atomic E-state index is 0.403. The Labute approximate surface area is 137 Å². The molecule has 0 aliphatic heterocycles. The molecule has 24 heavy (non-hydrogen) atoms. The van der Waals surface area contributed by atoms with Crippen LogP contribution in [-0.2, 0) is 9.59 Å². The maximum atomic E-state index is 11.4. The van der Waals surface area contributed by atoms with Crippen molar-refractivity contribution in [3.8, 4) is 0 Å². The van der Waals surface area contributed by atoms with E-state index in [9.17, 15) is 9.59 Å². The standard InChI is InChI=1S/C22H10O2/c23-11-14-7-9-18-16-5-1-3-13-4-2-6-17(21(13)16)19-10-8-15(12-24)20(14)22(18)19/h1-10H. The predicted octanol–water partition coefficient (Wildman–Crippen LogP) is 4.65. The lowest BCUT2D eigenvalue weighted by Gasteiger charge is -2.15. The van der Waals surface area contributed by atoms with Crippen LogP contribution in [0, 0.1) is 0 Å². The number of hydrogen-bond acceptors (Lipinski definition) is 2. The van der Waals surface area contributed by atoms with Gasteiger partial charge in [-0.25, -0.2) is 0 Å². The van der Waals surface area contributed by atoms with Gasteiger partial charge in [0.25, 0.3) is 0 Å². The van der Waals surface area contributed by atoms with E-state index in [-0.39, 0.29) is 0 Å². The Hall–Kier alpha value is -3.26. The summed E-state index contributed by atoms with van der Waals surface area (Å²) in [6, 6.07) is 19.8.